The van der Waals surface area contributed by atoms with E-state index in [0.29, 0.717) is 12.8 Å². The smallest absolute Gasteiger partial charge is 0.0996 e. The average molecular weight is 223 g/mol. The van der Waals surface area contributed by atoms with Crippen molar-refractivity contribution >= 4 is 0 Å². The van der Waals surface area contributed by atoms with Crippen LogP contribution < -0.4 is 0 Å². The Balaban J connectivity index is 1.79. The number of nitriles is 1. The number of nitrogens with zero attached hydrogens (tertiary/aromatic N) is 1. The summed E-state index contributed by atoms with van der Waals surface area (Å²) in [6.45, 7) is 0. The van der Waals surface area contributed by atoms with Gasteiger partial charge in [-0.3, -0.25) is 0 Å². The zero-order chi connectivity index (χ0) is 11.2. The minimum absolute atomic E-state index is 0.0360. The number of ether oxygens (including phenoxy) is 2. The van der Waals surface area contributed by atoms with E-state index < -0.39 is 0 Å². The van der Waals surface area contributed by atoms with E-state index >= 15 is 0 Å². The van der Waals surface area contributed by atoms with Gasteiger partial charge in [-0.25, -0.2) is 0 Å². The fraction of sp³-hybridized carbons (Fsp3) is 0.917. The second kappa shape index (κ2) is 3.69. The maximum Gasteiger partial charge on any atom is 0.0996 e. The van der Waals surface area contributed by atoms with Gasteiger partial charge in [-0.1, -0.05) is 0 Å². The molecule has 3 fully saturated rings. The van der Waals surface area contributed by atoms with Gasteiger partial charge in [0.1, 0.15) is 0 Å². The minimum atomic E-state index is -0.301. The van der Waals surface area contributed by atoms with E-state index in [2.05, 4.69) is 6.07 Å². The molecule has 0 aromatic rings. The van der Waals surface area contributed by atoms with Gasteiger partial charge >= 0.3 is 0 Å². The molecule has 0 aromatic heterocycles. The Kier molecular flexibility index (Phi) is 2.43. The first-order chi connectivity index (χ1) is 7.72. The number of aliphatic hydroxyl groups excluding tert-OH is 1. The Bertz CT molecular complexity index is 327. The van der Waals surface area contributed by atoms with Crippen LogP contribution in [0.15, 0.2) is 0 Å². The molecule has 0 radical (unpaired) electrons. The summed E-state index contributed by atoms with van der Waals surface area (Å²) >= 11 is 0. The molecule has 1 saturated carbocycles. The van der Waals surface area contributed by atoms with Gasteiger partial charge in [0.05, 0.1) is 42.5 Å². The van der Waals surface area contributed by atoms with Crippen LogP contribution in [0, 0.1) is 11.3 Å². The molecule has 2 aliphatic heterocycles. The van der Waals surface area contributed by atoms with E-state index in [9.17, 15) is 5.11 Å². The molecule has 2 saturated heterocycles. The van der Waals surface area contributed by atoms with Crippen LogP contribution in [0.25, 0.3) is 0 Å². The molecule has 3 unspecified atom stereocenters. The first kappa shape index (κ1) is 10.5. The number of fused-ring (bicyclic) bond motifs is 1. The van der Waals surface area contributed by atoms with Gasteiger partial charge in [0.15, 0.2) is 0 Å². The lowest BCUT2D eigenvalue weighted by molar-refractivity contribution is -0.171. The highest BCUT2D eigenvalue weighted by Crippen LogP contribution is 2.49. The Hall–Kier alpha value is -0.630. The van der Waals surface area contributed by atoms with Crippen LogP contribution in [0.1, 0.15) is 38.5 Å². The Labute approximate surface area is 95.2 Å². The van der Waals surface area contributed by atoms with Crippen LogP contribution in [-0.4, -0.2) is 35.1 Å². The van der Waals surface area contributed by atoms with Gasteiger partial charge in [-0.05, 0) is 19.3 Å². The van der Waals surface area contributed by atoms with E-state index in [1.807, 2.05) is 0 Å². The van der Waals surface area contributed by atoms with E-state index in [0.717, 1.165) is 25.7 Å². The molecule has 88 valence electrons. The van der Waals surface area contributed by atoms with Crippen molar-refractivity contribution in [1.29, 1.82) is 5.26 Å². The van der Waals surface area contributed by atoms with Gasteiger partial charge in [0, 0.05) is 12.8 Å². The molecule has 4 nitrogen and oxygen atoms in total. The molecule has 2 heterocycles. The molecular weight excluding hydrogens is 206 g/mol. The summed E-state index contributed by atoms with van der Waals surface area (Å²) in [7, 11) is 0. The normalized spacial score (nSPS) is 50.8. The molecule has 5 atom stereocenters. The molecule has 2 bridgehead atoms. The van der Waals surface area contributed by atoms with Crippen molar-refractivity contribution in [3.8, 4) is 6.07 Å². The van der Waals surface area contributed by atoms with Crippen LogP contribution >= 0.6 is 0 Å². The summed E-state index contributed by atoms with van der Waals surface area (Å²) in [6.07, 6.45) is 4.68. The lowest BCUT2D eigenvalue weighted by atomic mass is 9.77. The van der Waals surface area contributed by atoms with Crippen molar-refractivity contribution in [2.24, 2.45) is 0 Å². The molecule has 4 heteroatoms. The summed E-state index contributed by atoms with van der Waals surface area (Å²) in [6, 6.07) is 2.17. The first-order valence-corrected chi connectivity index (χ1v) is 6.10. The van der Waals surface area contributed by atoms with E-state index in [4.69, 9.17) is 14.7 Å². The largest absolute Gasteiger partial charge is 0.393 e. The molecule has 16 heavy (non-hydrogen) atoms. The molecular formula is C12H17NO3. The molecule has 3 aliphatic rings. The van der Waals surface area contributed by atoms with Crippen LogP contribution in [0.2, 0.25) is 0 Å². The van der Waals surface area contributed by atoms with Gasteiger partial charge in [0.25, 0.3) is 0 Å². The van der Waals surface area contributed by atoms with Crippen LogP contribution in [0.3, 0.4) is 0 Å². The second-order valence-corrected chi connectivity index (χ2v) is 5.29. The summed E-state index contributed by atoms with van der Waals surface area (Å²) in [5, 5.41) is 18.5. The average Bonchev–Trinajstić information content (AvgIpc) is 2.48. The third-order valence-corrected chi connectivity index (χ3v) is 4.10. The maximum absolute atomic E-state index is 9.81. The Morgan fingerprint density at radius 3 is 3.06 bits per heavy atom. The standard InChI is InChI=1S/C12H17NO3/c13-4-3-9-1-2-11-12(16-9)6-8(14)5-10(7-12)15-11/h8-11,14H,1-3,5-7H2/t8-,9?,10-,11?,12?/m0/s1. The zero-order valence-electron chi connectivity index (χ0n) is 9.26. The maximum atomic E-state index is 9.81. The van der Waals surface area contributed by atoms with E-state index in [1.54, 1.807) is 0 Å². The lowest BCUT2D eigenvalue weighted by Crippen LogP contribution is -2.51. The van der Waals surface area contributed by atoms with Crippen molar-refractivity contribution in [3.63, 3.8) is 0 Å². The molecule has 3 rings (SSSR count). The molecule has 0 aromatic carbocycles. The topological polar surface area (TPSA) is 62.5 Å². The third-order valence-electron chi connectivity index (χ3n) is 4.10. The van der Waals surface area contributed by atoms with Crippen molar-refractivity contribution in [2.75, 3.05) is 0 Å². The van der Waals surface area contributed by atoms with Gasteiger partial charge in [-0.2, -0.15) is 5.26 Å². The summed E-state index contributed by atoms with van der Waals surface area (Å²) < 4.78 is 12.0. The summed E-state index contributed by atoms with van der Waals surface area (Å²) in [5.41, 5.74) is -0.290. The zero-order valence-corrected chi connectivity index (χ0v) is 9.26. The van der Waals surface area contributed by atoms with Crippen LogP contribution in [-0.2, 0) is 9.47 Å². The molecule has 1 spiro atoms. The summed E-state index contributed by atoms with van der Waals surface area (Å²) in [4.78, 5) is 0. The predicted molar refractivity (Wildman–Crippen MR) is 55.6 cm³/mol. The van der Waals surface area contributed by atoms with Crippen molar-refractivity contribution in [1.82, 2.24) is 0 Å². The fourth-order valence-corrected chi connectivity index (χ4v) is 3.54. The number of hydrogen-bond donors (Lipinski definition) is 1. The van der Waals surface area contributed by atoms with Crippen molar-refractivity contribution in [2.45, 2.75) is 68.5 Å². The van der Waals surface area contributed by atoms with Crippen molar-refractivity contribution in [3.05, 3.63) is 0 Å². The van der Waals surface area contributed by atoms with Gasteiger partial charge in [0.2, 0.25) is 0 Å². The number of hydrogen-bond acceptors (Lipinski definition) is 4. The molecule has 0 amide bonds. The molecule has 1 aliphatic carbocycles. The second-order valence-electron chi connectivity index (χ2n) is 5.29. The highest BCUT2D eigenvalue weighted by Gasteiger charge is 2.56. The van der Waals surface area contributed by atoms with Crippen LogP contribution in [0.5, 0.6) is 0 Å². The Morgan fingerprint density at radius 2 is 2.25 bits per heavy atom. The highest BCUT2D eigenvalue weighted by molar-refractivity contribution is 5.06. The summed E-state index contributed by atoms with van der Waals surface area (Å²) in [5.74, 6) is 0. The fourth-order valence-electron chi connectivity index (χ4n) is 3.54. The molecule has 1 N–H and O–H groups in total. The predicted octanol–water partition coefficient (Wildman–Crippen LogP) is 1.13. The third kappa shape index (κ3) is 1.55. The lowest BCUT2D eigenvalue weighted by Gasteiger charge is -2.43. The van der Waals surface area contributed by atoms with E-state index in [-0.39, 0.29) is 30.0 Å². The monoisotopic (exact) mass is 223 g/mol. The van der Waals surface area contributed by atoms with Crippen LogP contribution in [0.4, 0.5) is 0 Å². The Morgan fingerprint density at radius 1 is 1.38 bits per heavy atom. The van der Waals surface area contributed by atoms with Crippen molar-refractivity contribution < 1.29 is 14.6 Å². The first-order valence-electron chi connectivity index (χ1n) is 6.10. The quantitative estimate of drug-likeness (QED) is 0.723. The number of rotatable bonds is 1. The SMILES string of the molecule is N#CCC1CCC2O[C@H]3C[C@H](O)CC2(C3)O1. The number of aliphatic hydroxyl groups is 1. The van der Waals surface area contributed by atoms with E-state index in [1.165, 1.54) is 0 Å². The minimum Gasteiger partial charge on any atom is -0.393 e. The van der Waals surface area contributed by atoms with Gasteiger partial charge < -0.3 is 14.6 Å². The van der Waals surface area contributed by atoms with Gasteiger partial charge in [-0.15, -0.1) is 0 Å². The highest BCUT2D eigenvalue weighted by atomic mass is 16.6.